The van der Waals surface area contributed by atoms with Crippen molar-refractivity contribution in [3.05, 3.63) is 64.3 Å². The minimum absolute atomic E-state index is 0.0807. The molecule has 0 aliphatic rings. The number of aromatic nitrogens is 1. The van der Waals surface area contributed by atoms with E-state index in [1.54, 1.807) is 35.9 Å². The number of carbonyl (C=O) groups is 1. The molecule has 1 heterocycles. The number of hydrogen-bond acceptors (Lipinski definition) is 3. The summed E-state index contributed by atoms with van der Waals surface area (Å²) in [7, 11) is 1.58. The summed E-state index contributed by atoms with van der Waals surface area (Å²) in [5.41, 5.74) is 3.05. The van der Waals surface area contributed by atoms with Crippen molar-refractivity contribution in [3.63, 3.8) is 0 Å². The highest BCUT2D eigenvalue weighted by atomic mass is 35.5. The first kappa shape index (κ1) is 17.8. The number of aliphatic hydroxyl groups is 1. The Morgan fingerprint density at radius 1 is 1.24 bits per heavy atom. The second-order valence-electron chi connectivity index (χ2n) is 5.77. The smallest absolute Gasteiger partial charge is 0.226 e. The van der Waals surface area contributed by atoms with Crippen molar-refractivity contribution in [1.82, 2.24) is 4.57 Å². The van der Waals surface area contributed by atoms with Crippen LogP contribution in [0.5, 0.6) is 5.75 Å². The van der Waals surface area contributed by atoms with E-state index in [9.17, 15) is 9.90 Å². The SMILES string of the molecule is COc1ccc2c(c1)c(CC(=O)Cl)c(C)n2C(O)c1ccc(Cl)cc1. The van der Waals surface area contributed by atoms with Crippen molar-refractivity contribution >= 4 is 39.3 Å². The molecule has 0 fully saturated rings. The van der Waals surface area contributed by atoms with Crippen molar-refractivity contribution in [2.45, 2.75) is 19.6 Å². The van der Waals surface area contributed by atoms with Gasteiger partial charge in [0.05, 0.1) is 12.6 Å². The van der Waals surface area contributed by atoms with Crippen molar-refractivity contribution in [2.75, 3.05) is 7.11 Å². The molecule has 1 aromatic heterocycles. The van der Waals surface area contributed by atoms with E-state index in [2.05, 4.69) is 0 Å². The molecule has 2 aromatic carbocycles. The summed E-state index contributed by atoms with van der Waals surface area (Å²) < 4.78 is 7.07. The van der Waals surface area contributed by atoms with Crippen LogP contribution in [-0.4, -0.2) is 22.0 Å². The minimum Gasteiger partial charge on any atom is -0.497 e. The maximum Gasteiger partial charge on any atom is 0.226 e. The third kappa shape index (κ3) is 3.38. The van der Waals surface area contributed by atoms with Crippen LogP contribution in [-0.2, 0) is 11.2 Å². The zero-order valence-electron chi connectivity index (χ0n) is 13.8. The average molecular weight is 378 g/mol. The molecule has 1 unspecified atom stereocenters. The van der Waals surface area contributed by atoms with E-state index in [1.807, 2.05) is 25.1 Å². The zero-order chi connectivity index (χ0) is 18.1. The Labute approximate surface area is 155 Å². The lowest BCUT2D eigenvalue weighted by Crippen LogP contribution is -2.11. The van der Waals surface area contributed by atoms with Crippen LogP contribution in [0.3, 0.4) is 0 Å². The van der Waals surface area contributed by atoms with Crippen LogP contribution in [0, 0.1) is 6.92 Å². The predicted octanol–water partition coefficient (Wildman–Crippen LogP) is 4.46. The largest absolute Gasteiger partial charge is 0.497 e. The van der Waals surface area contributed by atoms with Gasteiger partial charge in [-0.2, -0.15) is 0 Å². The van der Waals surface area contributed by atoms with Crippen molar-refractivity contribution < 1.29 is 14.6 Å². The van der Waals surface area contributed by atoms with E-state index in [0.29, 0.717) is 16.3 Å². The molecule has 0 spiro atoms. The number of fused-ring (bicyclic) bond motifs is 1. The molecule has 0 bridgehead atoms. The quantitative estimate of drug-likeness (QED) is 0.667. The molecule has 3 aromatic rings. The van der Waals surface area contributed by atoms with Gasteiger partial charge in [-0.05, 0) is 54.4 Å². The summed E-state index contributed by atoms with van der Waals surface area (Å²) >= 11 is 11.6. The highest BCUT2D eigenvalue weighted by molar-refractivity contribution is 6.63. The van der Waals surface area contributed by atoms with E-state index >= 15 is 0 Å². The molecule has 0 saturated heterocycles. The molecular formula is C19H17Cl2NO3. The van der Waals surface area contributed by atoms with Gasteiger partial charge in [0.1, 0.15) is 5.75 Å². The van der Waals surface area contributed by atoms with Crippen LogP contribution in [0.25, 0.3) is 10.9 Å². The van der Waals surface area contributed by atoms with E-state index in [0.717, 1.165) is 22.2 Å². The average Bonchev–Trinajstić information content (AvgIpc) is 2.86. The number of rotatable bonds is 5. The number of aliphatic hydroxyl groups excluding tert-OH is 1. The van der Waals surface area contributed by atoms with Gasteiger partial charge in [0.2, 0.25) is 5.24 Å². The maximum absolute atomic E-state index is 11.5. The van der Waals surface area contributed by atoms with Crippen molar-refractivity contribution in [3.8, 4) is 5.75 Å². The number of hydrogen-bond donors (Lipinski definition) is 1. The van der Waals surface area contributed by atoms with E-state index in [1.165, 1.54) is 0 Å². The van der Waals surface area contributed by atoms with Crippen molar-refractivity contribution in [2.24, 2.45) is 0 Å². The highest BCUT2D eigenvalue weighted by Gasteiger charge is 2.21. The topological polar surface area (TPSA) is 51.5 Å². The first-order chi connectivity index (χ1) is 11.9. The predicted molar refractivity (Wildman–Crippen MR) is 99.6 cm³/mol. The summed E-state index contributed by atoms with van der Waals surface area (Å²) in [6, 6.07) is 12.5. The first-order valence-corrected chi connectivity index (χ1v) is 8.47. The molecule has 25 heavy (non-hydrogen) atoms. The molecule has 3 rings (SSSR count). The Morgan fingerprint density at radius 3 is 2.52 bits per heavy atom. The van der Waals surface area contributed by atoms with Gasteiger partial charge >= 0.3 is 0 Å². The number of halogens is 2. The molecule has 6 heteroatoms. The third-order valence-corrected chi connectivity index (χ3v) is 4.70. The number of nitrogens with zero attached hydrogens (tertiary/aromatic N) is 1. The summed E-state index contributed by atoms with van der Waals surface area (Å²) in [5, 5.41) is 11.9. The van der Waals surface area contributed by atoms with Crippen LogP contribution in [0.15, 0.2) is 42.5 Å². The standard InChI is InChI=1S/C19H17Cl2NO3/c1-11-15(10-18(21)23)16-9-14(25-2)7-8-17(16)22(11)19(24)12-3-5-13(20)6-4-12/h3-9,19,24H,10H2,1-2H3. The fourth-order valence-electron chi connectivity index (χ4n) is 3.08. The first-order valence-electron chi connectivity index (χ1n) is 7.71. The molecule has 130 valence electrons. The van der Waals surface area contributed by atoms with Gasteiger partial charge in [-0.1, -0.05) is 23.7 Å². The number of carbonyl (C=O) groups excluding carboxylic acids is 1. The summed E-state index contributed by atoms with van der Waals surface area (Å²) in [5.74, 6) is 0.675. The summed E-state index contributed by atoms with van der Waals surface area (Å²) in [4.78, 5) is 11.5. The molecule has 0 aliphatic heterocycles. The third-order valence-electron chi connectivity index (χ3n) is 4.31. The molecule has 0 radical (unpaired) electrons. The maximum atomic E-state index is 11.5. The highest BCUT2D eigenvalue weighted by Crippen LogP contribution is 2.34. The van der Waals surface area contributed by atoms with Gasteiger partial charge in [-0.15, -0.1) is 0 Å². The number of methoxy groups -OCH3 is 1. The van der Waals surface area contributed by atoms with Gasteiger partial charge in [-0.25, -0.2) is 0 Å². The molecule has 0 saturated carbocycles. The van der Waals surface area contributed by atoms with Crippen LogP contribution in [0.2, 0.25) is 5.02 Å². The zero-order valence-corrected chi connectivity index (χ0v) is 15.3. The normalized spacial score (nSPS) is 12.4. The fraction of sp³-hybridized carbons (Fsp3) is 0.211. The van der Waals surface area contributed by atoms with Gasteiger partial charge in [0, 0.05) is 28.1 Å². The van der Waals surface area contributed by atoms with Gasteiger partial charge in [0.15, 0.2) is 6.23 Å². The van der Waals surface area contributed by atoms with Crippen LogP contribution in [0.1, 0.15) is 23.0 Å². The van der Waals surface area contributed by atoms with Gasteiger partial charge < -0.3 is 14.4 Å². The van der Waals surface area contributed by atoms with Gasteiger partial charge in [-0.3, -0.25) is 4.79 Å². The van der Waals surface area contributed by atoms with Gasteiger partial charge in [0.25, 0.3) is 0 Å². The second kappa shape index (κ2) is 7.08. The Morgan fingerprint density at radius 2 is 1.92 bits per heavy atom. The Balaban J connectivity index is 2.21. The fourth-order valence-corrected chi connectivity index (χ4v) is 3.34. The molecule has 0 aliphatic carbocycles. The molecule has 4 nitrogen and oxygen atoms in total. The van der Waals surface area contributed by atoms with Crippen LogP contribution >= 0.6 is 23.2 Å². The number of ether oxygens (including phenoxy) is 1. The second-order valence-corrected chi connectivity index (χ2v) is 6.63. The Hall–Kier alpha value is -2.01. The van der Waals surface area contributed by atoms with Crippen LogP contribution < -0.4 is 4.74 Å². The lowest BCUT2D eigenvalue weighted by Gasteiger charge is -2.17. The molecule has 0 amide bonds. The van der Waals surface area contributed by atoms with Crippen molar-refractivity contribution in [1.29, 1.82) is 0 Å². The molecular weight excluding hydrogens is 361 g/mol. The lowest BCUT2D eigenvalue weighted by molar-refractivity contribution is -0.111. The Bertz CT molecular complexity index is 932. The number of benzene rings is 2. The Kier molecular flexibility index (Phi) is 5.04. The molecule has 1 N–H and O–H groups in total. The monoisotopic (exact) mass is 377 g/mol. The summed E-state index contributed by atoms with van der Waals surface area (Å²) in [6.45, 7) is 1.86. The van der Waals surface area contributed by atoms with E-state index in [-0.39, 0.29) is 6.42 Å². The van der Waals surface area contributed by atoms with E-state index < -0.39 is 11.5 Å². The van der Waals surface area contributed by atoms with E-state index in [4.69, 9.17) is 27.9 Å². The summed E-state index contributed by atoms with van der Waals surface area (Å²) in [6.07, 6.45) is -0.829. The van der Waals surface area contributed by atoms with Crippen LogP contribution in [0.4, 0.5) is 0 Å². The minimum atomic E-state index is -0.910. The molecule has 1 atom stereocenters. The lowest BCUT2D eigenvalue weighted by atomic mass is 10.1.